The Morgan fingerprint density at radius 2 is 1.31 bits per heavy atom. The van der Waals surface area contributed by atoms with E-state index in [1.165, 1.54) is 0 Å². The molecule has 2 saturated carbocycles. The minimum Gasteiger partial charge on any atom is -0.550 e. The molecule has 13 heavy (non-hydrogen) atoms. The summed E-state index contributed by atoms with van der Waals surface area (Å²) in [7, 11) is 0. The van der Waals surface area contributed by atoms with Crippen molar-refractivity contribution in [1.82, 2.24) is 0 Å². The molecule has 4 heteroatoms. The number of carbonyl (C=O) groups is 2. The molecular formula is C9H10O4-2. The number of carboxylic acid groups (broad SMARTS) is 2. The average molecular weight is 182 g/mol. The van der Waals surface area contributed by atoms with Gasteiger partial charge in [-0.25, -0.2) is 0 Å². The third-order valence-corrected chi connectivity index (χ3v) is 4.07. The second-order valence-corrected chi connectivity index (χ2v) is 4.67. The van der Waals surface area contributed by atoms with Crippen LogP contribution in [0.1, 0.15) is 26.7 Å². The van der Waals surface area contributed by atoms with Gasteiger partial charge in [0.05, 0.1) is 0 Å². The van der Waals surface area contributed by atoms with Crippen LogP contribution in [0.25, 0.3) is 0 Å². The molecule has 0 bridgehead atoms. The molecule has 0 aromatic carbocycles. The second-order valence-electron chi connectivity index (χ2n) is 4.67. The molecule has 2 aliphatic rings. The van der Waals surface area contributed by atoms with Gasteiger partial charge < -0.3 is 19.8 Å². The Morgan fingerprint density at radius 3 is 1.46 bits per heavy atom. The highest BCUT2D eigenvalue weighted by Crippen LogP contribution is 2.87. The van der Waals surface area contributed by atoms with Crippen LogP contribution in [0.2, 0.25) is 0 Å². The molecule has 0 heterocycles. The topological polar surface area (TPSA) is 80.3 Å². The first-order valence-corrected chi connectivity index (χ1v) is 4.23. The first kappa shape index (κ1) is 8.53. The average Bonchev–Trinajstić information content (AvgIpc) is 2.76. The van der Waals surface area contributed by atoms with Gasteiger partial charge in [0.2, 0.25) is 0 Å². The van der Waals surface area contributed by atoms with Crippen molar-refractivity contribution in [2.24, 2.45) is 16.2 Å². The molecule has 0 saturated heterocycles. The number of hydrogen-bond donors (Lipinski definition) is 0. The molecule has 2 rings (SSSR count). The standard InChI is InChI=1S/C9H12O4/c1-7(5(10)11)3-9(7)4-8(9,2)6(12)13/h3-4H2,1-2H3,(H,10,11)(H,12,13)/p-2/t7-,8-,9?/m1/s1. The zero-order valence-electron chi connectivity index (χ0n) is 7.55. The summed E-state index contributed by atoms with van der Waals surface area (Å²) in [6, 6.07) is 0. The molecule has 0 N–H and O–H groups in total. The second kappa shape index (κ2) is 1.74. The molecule has 0 aromatic rings. The molecule has 2 aliphatic carbocycles. The molecule has 2 atom stereocenters. The molecular weight excluding hydrogens is 172 g/mol. The van der Waals surface area contributed by atoms with E-state index in [-0.39, 0.29) is 0 Å². The van der Waals surface area contributed by atoms with Gasteiger partial charge >= 0.3 is 0 Å². The van der Waals surface area contributed by atoms with Gasteiger partial charge in [0, 0.05) is 22.8 Å². The molecule has 0 radical (unpaired) electrons. The summed E-state index contributed by atoms with van der Waals surface area (Å²) in [6.07, 6.45) is 0.819. The fourth-order valence-electron chi connectivity index (χ4n) is 2.72. The summed E-state index contributed by atoms with van der Waals surface area (Å²) < 4.78 is 0. The van der Waals surface area contributed by atoms with E-state index < -0.39 is 28.2 Å². The first-order chi connectivity index (χ1) is 5.80. The van der Waals surface area contributed by atoms with Crippen molar-refractivity contribution in [3.8, 4) is 0 Å². The Kier molecular flexibility index (Phi) is 1.14. The Hall–Kier alpha value is -1.06. The van der Waals surface area contributed by atoms with Crippen LogP contribution in [-0.2, 0) is 9.59 Å². The zero-order chi connectivity index (χ0) is 10.1. The fraction of sp³-hybridized carbons (Fsp3) is 0.778. The van der Waals surface area contributed by atoms with E-state index in [4.69, 9.17) is 0 Å². The van der Waals surface area contributed by atoms with Crippen LogP contribution in [0.4, 0.5) is 0 Å². The summed E-state index contributed by atoms with van der Waals surface area (Å²) in [6.45, 7) is 3.10. The van der Waals surface area contributed by atoms with Gasteiger partial charge in [-0.2, -0.15) is 0 Å². The van der Waals surface area contributed by atoms with Crippen molar-refractivity contribution in [3.05, 3.63) is 0 Å². The SMILES string of the molecule is C[C@]1(C(=O)[O-])CC12C[C@]2(C)C(=O)[O-]. The summed E-state index contributed by atoms with van der Waals surface area (Å²) in [5.74, 6) is -2.28. The third kappa shape index (κ3) is 0.641. The van der Waals surface area contributed by atoms with Crippen LogP contribution >= 0.6 is 0 Å². The highest BCUT2D eigenvalue weighted by molar-refractivity contribution is 5.87. The van der Waals surface area contributed by atoms with Crippen LogP contribution in [0.5, 0.6) is 0 Å². The van der Waals surface area contributed by atoms with Crippen LogP contribution < -0.4 is 10.2 Å². The Morgan fingerprint density at radius 1 is 1.00 bits per heavy atom. The maximum Gasteiger partial charge on any atom is 0.0479 e. The van der Waals surface area contributed by atoms with Crippen LogP contribution in [0.3, 0.4) is 0 Å². The number of carboxylic acids is 2. The minimum atomic E-state index is -1.14. The van der Waals surface area contributed by atoms with E-state index in [2.05, 4.69) is 0 Å². The molecule has 0 aliphatic heterocycles. The molecule has 1 spiro atoms. The van der Waals surface area contributed by atoms with Crippen molar-refractivity contribution in [2.45, 2.75) is 26.7 Å². The lowest BCUT2D eigenvalue weighted by Gasteiger charge is -2.17. The van der Waals surface area contributed by atoms with Crippen molar-refractivity contribution >= 4 is 11.9 Å². The highest BCUT2D eigenvalue weighted by atomic mass is 16.4. The Balaban J connectivity index is 2.26. The molecule has 4 nitrogen and oxygen atoms in total. The van der Waals surface area contributed by atoms with Gasteiger partial charge in [-0.1, -0.05) is 13.8 Å². The van der Waals surface area contributed by atoms with E-state index in [9.17, 15) is 19.8 Å². The monoisotopic (exact) mass is 182 g/mol. The Labute approximate surface area is 75.6 Å². The van der Waals surface area contributed by atoms with Crippen LogP contribution in [0.15, 0.2) is 0 Å². The largest absolute Gasteiger partial charge is 0.550 e. The highest BCUT2D eigenvalue weighted by Gasteiger charge is 2.84. The van der Waals surface area contributed by atoms with E-state index in [1.807, 2.05) is 0 Å². The lowest BCUT2D eigenvalue weighted by Crippen LogP contribution is -2.37. The summed E-state index contributed by atoms with van der Waals surface area (Å²) in [4.78, 5) is 21.4. The minimum absolute atomic E-state index is 0.410. The van der Waals surface area contributed by atoms with Gasteiger partial charge in [0.15, 0.2) is 0 Å². The maximum atomic E-state index is 10.7. The van der Waals surface area contributed by atoms with Crippen molar-refractivity contribution < 1.29 is 19.8 Å². The van der Waals surface area contributed by atoms with Crippen LogP contribution in [-0.4, -0.2) is 11.9 Å². The van der Waals surface area contributed by atoms with Crippen LogP contribution in [0, 0.1) is 16.2 Å². The molecule has 0 unspecified atom stereocenters. The number of aliphatic carboxylic acids is 2. The number of hydrogen-bond acceptors (Lipinski definition) is 4. The first-order valence-electron chi connectivity index (χ1n) is 4.23. The van der Waals surface area contributed by atoms with E-state index in [1.54, 1.807) is 13.8 Å². The molecule has 2 fully saturated rings. The van der Waals surface area contributed by atoms with Crippen molar-refractivity contribution in [1.29, 1.82) is 0 Å². The summed E-state index contributed by atoms with van der Waals surface area (Å²) >= 11 is 0. The van der Waals surface area contributed by atoms with Gasteiger partial charge in [-0.3, -0.25) is 0 Å². The normalized spacial score (nSPS) is 44.5. The fourth-order valence-corrected chi connectivity index (χ4v) is 2.72. The predicted molar refractivity (Wildman–Crippen MR) is 37.9 cm³/mol. The smallest absolute Gasteiger partial charge is 0.0479 e. The lowest BCUT2D eigenvalue weighted by atomic mass is 9.98. The summed E-state index contributed by atoms with van der Waals surface area (Å²) in [5, 5.41) is 21.4. The van der Waals surface area contributed by atoms with Gasteiger partial charge in [0.1, 0.15) is 0 Å². The van der Waals surface area contributed by atoms with E-state index >= 15 is 0 Å². The maximum absolute atomic E-state index is 10.7. The van der Waals surface area contributed by atoms with E-state index in [0.717, 1.165) is 0 Å². The van der Waals surface area contributed by atoms with Gasteiger partial charge in [0.25, 0.3) is 0 Å². The van der Waals surface area contributed by atoms with Gasteiger partial charge in [-0.05, 0) is 18.3 Å². The summed E-state index contributed by atoms with van der Waals surface area (Å²) in [5.41, 5.74) is -2.46. The quantitative estimate of drug-likeness (QED) is 0.509. The van der Waals surface area contributed by atoms with Crippen molar-refractivity contribution in [3.63, 3.8) is 0 Å². The Bertz CT molecular complexity index is 290. The predicted octanol–water partition coefficient (Wildman–Crippen LogP) is -1.71. The number of carbonyl (C=O) groups excluding carboxylic acids is 2. The van der Waals surface area contributed by atoms with Crippen molar-refractivity contribution in [2.75, 3.05) is 0 Å². The third-order valence-electron chi connectivity index (χ3n) is 4.07. The molecule has 72 valence electrons. The number of rotatable bonds is 2. The van der Waals surface area contributed by atoms with E-state index in [0.29, 0.717) is 12.8 Å². The lowest BCUT2D eigenvalue weighted by molar-refractivity contribution is -0.316. The molecule has 0 aromatic heterocycles. The zero-order valence-corrected chi connectivity index (χ0v) is 7.55. The van der Waals surface area contributed by atoms with Gasteiger partial charge in [-0.15, -0.1) is 0 Å². The molecule has 0 amide bonds.